The first-order chi connectivity index (χ1) is 15.4. The molecule has 0 bridgehead atoms. The minimum absolute atomic E-state index is 0.0286. The van der Waals surface area contributed by atoms with E-state index in [4.69, 9.17) is 4.42 Å². The Hall–Kier alpha value is -4.20. The molecule has 162 valence electrons. The summed E-state index contributed by atoms with van der Waals surface area (Å²) in [6.07, 6.45) is 5.07. The second-order valence-electron chi connectivity index (χ2n) is 6.86. The summed E-state index contributed by atoms with van der Waals surface area (Å²) in [5, 5.41) is 11.9. The van der Waals surface area contributed by atoms with Crippen LogP contribution in [0.1, 0.15) is 10.4 Å². The Morgan fingerprint density at radius 2 is 2.12 bits per heavy atom. The van der Waals surface area contributed by atoms with Crippen molar-refractivity contribution in [2.24, 2.45) is 5.92 Å². The number of carbonyl (C=O) groups is 2. The summed E-state index contributed by atoms with van der Waals surface area (Å²) in [7, 11) is 0. The number of anilines is 2. The van der Waals surface area contributed by atoms with Gasteiger partial charge in [0, 0.05) is 30.8 Å². The smallest absolute Gasteiger partial charge is 0.341 e. The molecule has 0 spiro atoms. The molecule has 0 radical (unpaired) electrons. The van der Waals surface area contributed by atoms with Crippen molar-refractivity contribution in [3.05, 3.63) is 52.7 Å². The van der Waals surface area contributed by atoms with Gasteiger partial charge in [-0.3, -0.25) is 19.5 Å². The van der Waals surface area contributed by atoms with Crippen LogP contribution in [-0.4, -0.2) is 54.0 Å². The molecular formula is C18H12FN7O5S. The summed E-state index contributed by atoms with van der Waals surface area (Å²) in [6.45, 7) is 0.358. The number of halogens is 1. The Labute approximate surface area is 181 Å². The Balaban J connectivity index is 1.50. The van der Waals surface area contributed by atoms with Gasteiger partial charge in [0.25, 0.3) is 0 Å². The van der Waals surface area contributed by atoms with Gasteiger partial charge >= 0.3 is 12.0 Å². The van der Waals surface area contributed by atoms with Crippen molar-refractivity contribution < 1.29 is 23.5 Å². The minimum Gasteiger partial charge on any atom is -0.477 e. The Kier molecular flexibility index (Phi) is 4.62. The Morgan fingerprint density at radius 3 is 2.78 bits per heavy atom. The van der Waals surface area contributed by atoms with Crippen molar-refractivity contribution in [1.82, 2.24) is 23.9 Å². The number of fused-ring (bicyclic) bond motifs is 1. The number of aromatic nitrogens is 5. The maximum absolute atomic E-state index is 14.9. The van der Waals surface area contributed by atoms with E-state index in [0.717, 1.165) is 23.8 Å². The number of aromatic carboxylic acids is 1. The molecule has 5 rings (SSSR count). The lowest BCUT2D eigenvalue weighted by molar-refractivity contribution is -0.120. The van der Waals surface area contributed by atoms with Gasteiger partial charge in [-0.1, -0.05) is 0 Å². The number of nitrogens with zero attached hydrogens (tertiary/aromatic N) is 6. The number of carboxylic acids is 1. The van der Waals surface area contributed by atoms with Crippen LogP contribution < -0.4 is 15.6 Å². The molecule has 4 aromatic heterocycles. The largest absolute Gasteiger partial charge is 0.477 e. The van der Waals surface area contributed by atoms with Gasteiger partial charge in [0.2, 0.25) is 16.5 Å². The first kappa shape index (κ1) is 19.7. The van der Waals surface area contributed by atoms with Crippen molar-refractivity contribution in [2.45, 2.75) is 0 Å². The number of hydrogen-bond acceptors (Lipinski definition) is 10. The number of oxazole rings is 1. The van der Waals surface area contributed by atoms with Crippen LogP contribution in [0.3, 0.4) is 0 Å². The van der Waals surface area contributed by atoms with Crippen LogP contribution in [0.25, 0.3) is 16.2 Å². The number of hydrogen-bond donors (Lipinski definition) is 2. The van der Waals surface area contributed by atoms with E-state index in [1.165, 1.54) is 28.3 Å². The van der Waals surface area contributed by atoms with E-state index >= 15 is 0 Å². The van der Waals surface area contributed by atoms with Gasteiger partial charge in [-0.2, -0.15) is 4.37 Å². The predicted octanol–water partition coefficient (Wildman–Crippen LogP) is 1.14. The minimum atomic E-state index is -1.46. The molecule has 1 amide bonds. The molecular weight excluding hydrogens is 445 g/mol. The zero-order valence-corrected chi connectivity index (χ0v) is 16.7. The third kappa shape index (κ3) is 3.26. The van der Waals surface area contributed by atoms with Gasteiger partial charge in [0.15, 0.2) is 17.3 Å². The molecule has 1 fully saturated rings. The van der Waals surface area contributed by atoms with Crippen molar-refractivity contribution in [3.8, 4) is 5.13 Å². The highest BCUT2D eigenvalue weighted by molar-refractivity contribution is 7.08. The molecule has 14 heteroatoms. The van der Waals surface area contributed by atoms with Crippen LogP contribution in [0.4, 0.5) is 16.2 Å². The maximum atomic E-state index is 14.9. The van der Waals surface area contributed by atoms with E-state index in [1.54, 1.807) is 0 Å². The highest BCUT2D eigenvalue weighted by Gasteiger charge is 2.36. The lowest BCUT2D eigenvalue weighted by atomic mass is 9.99. The number of amides is 1. The summed E-state index contributed by atoms with van der Waals surface area (Å²) in [6, 6.07) is 1.02. The average Bonchev–Trinajstić information content (AvgIpc) is 3.42. The SMILES string of the molecule is O=C(O)c1cn(-c2ncns2)c2nc(N3CC(C(=O)Nc4ncco4)C3)c(F)cc2c1=O. The average molecular weight is 457 g/mol. The van der Waals surface area contributed by atoms with E-state index in [9.17, 15) is 23.9 Å². The van der Waals surface area contributed by atoms with E-state index in [1.807, 2.05) is 0 Å². The number of rotatable bonds is 5. The molecule has 12 nitrogen and oxygen atoms in total. The van der Waals surface area contributed by atoms with Gasteiger partial charge in [0.05, 0.1) is 17.5 Å². The Morgan fingerprint density at radius 1 is 1.31 bits per heavy atom. The fourth-order valence-corrected chi connectivity index (χ4v) is 3.83. The van der Waals surface area contributed by atoms with Crippen LogP contribution in [0.15, 0.2) is 40.3 Å². The topological polar surface area (TPSA) is 156 Å². The van der Waals surface area contributed by atoms with E-state index in [2.05, 4.69) is 24.6 Å². The van der Waals surface area contributed by atoms with Gasteiger partial charge in [-0.05, 0) is 6.07 Å². The molecule has 0 aromatic carbocycles. The molecule has 0 atom stereocenters. The van der Waals surface area contributed by atoms with E-state index < -0.39 is 28.7 Å². The van der Waals surface area contributed by atoms with Crippen LogP contribution >= 0.6 is 11.5 Å². The third-order valence-electron chi connectivity index (χ3n) is 4.91. The second kappa shape index (κ2) is 7.49. The Bertz CT molecular complexity index is 1400. The van der Waals surface area contributed by atoms with Crippen LogP contribution in [-0.2, 0) is 4.79 Å². The fraction of sp³-hybridized carbons (Fsp3) is 0.167. The van der Waals surface area contributed by atoms with Gasteiger partial charge in [-0.15, -0.1) is 0 Å². The van der Waals surface area contributed by atoms with Gasteiger partial charge < -0.3 is 14.4 Å². The third-order valence-corrected chi connectivity index (χ3v) is 5.58. The van der Waals surface area contributed by atoms with Crippen molar-refractivity contribution in [2.75, 3.05) is 23.3 Å². The van der Waals surface area contributed by atoms with Crippen LogP contribution in [0.2, 0.25) is 0 Å². The standard InChI is InChI=1S/C18H12FN7O5S/c19-11-3-9-12(27)10(16(29)30)6-26(18-21-7-22-32-18)13(9)23-14(11)25-4-8(5-25)15(28)24-17-20-1-2-31-17/h1-3,6-8H,4-5H2,(H,29,30)(H,20,24,28). The summed E-state index contributed by atoms with van der Waals surface area (Å²) in [5.74, 6) is -3.12. The normalized spacial score (nSPS) is 13.8. The molecule has 4 aromatic rings. The molecule has 32 heavy (non-hydrogen) atoms. The number of nitrogens with one attached hydrogen (secondary N) is 1. The monoisotopic (exact) mass is 457 g/mol. The molecule has 5 heterocycles. The quantitative estimate of drug-likeness (QED) is 0.445. The molecule has 1 aliphatic heterocycles. The highest BCUT2D eigenvalue weighted by atomic mass is 32.1. The first-order valence-electron chi connectivity index (χ1n) is 9.14. The second-order valence-corrected chi connectivity index (χ2v) is 7.62. The van der Waals surface area contributed by atoms with Crippen LogP contribution in [0, 0.1) is 11.7 Å². The molecule has 0 saturated carbocycles. The molecule has 1 saturated heterocycles. The van der Waals surface area contributed by atoms with Gasteiger partial charge in [-0.25, -0.2) is 24.1 Å². The van der Waals surface area contributed by atoms with Crippen molar-refractivity contribution in [1.29, 1.82) is 0 Å². The van der Waals surface area contributed by atoms with Crippen molar-refractivity contribution in [3.63, 3.8) is 0 Å². The summed E-state index contributed by atoms with van der Waals surface area (Å²) < 4.78 is 25.0. The number of pyridine rings is 2. The molecule has 2 N–H and O–H groups in total. The molecule has 0 aliphatic carbocycles. The zero-order chi connectivity index (χ0) is 22.4. The first-order valence-corrected chi connectivity index (χ1v) is 9.91. The van der Waals surface area contributed by atoms with E-state index in [0.29, 0.717) is 0 Å². The van der Waals surface area contributed by atoms with Gasteiger partial charge in [0.1, 0.15) is 18.2 Å². The lowest BCUT2D eigenvalue weighted by Gasteiger charge is -2.39. The molecule has 0 unspecified atom stereocenters. The lowest BCUT2D eigenvalue weighted by Crippen LogP contribution is -2.52. The van der Waals surface area contributed by atoms with E-state index in [-0.39, 0.29) is 47.0 Å². The predicted molar refractivity (Wildman–Crippen MR) is 109 cm³/mol. The number of carboxylic acid groups (broad SMARTS) is 1. The maximum Gasteiger partial charge on any atom is 0.341 e. The zero-order valence-electron chi connectivity index (χ0n) is 15.9. The number of carbonyl (C=O) groups excluding carboxylic acids is 1. The highest BCUT2D eigenvalue weighted by Crippen LogP contribution is 2.29. The molecule has 1 aliphatic rings. The summed E-state index contributed by atoms with van der Waals surface area (Å²) in [5.41, 5.74) is -1.38. The fourth-order valence-electron chi connectivity index (χ4n) is 3.32. The summed E-state index contributed by atoms with van der Waals surface area (Å²) in [4.78, 5) is 50.0. The summed E-state index contributed by atoms with van der Waals surface area (Å²) >= 11 is 0.953. The van der Waals surface area contributed by atoms with Crippen LogP contribution in [0.5, 0.6) is 0 Å². The van der Waals surface area contributed by atoms with Crippen molar-refractivity contribution >= 4 is 46.3 Å².